The first-order valence-corrected chi connectivity index (χ1v) is 6.34. The minimum atomic E-state index is 0.560. The average Bonchev–Trinajstić information content (AvgIpc) is 2.77. The van der Waals surface area contributed by atoms with Crippen LogP contribution in [0.2, 0.25) is 0 Å². The van der Waals surface area contributed by atoms with E-state index in [1.54, 1.807) is 7.11 Å². The van der Waals surface area contributed by atoms with E-state index < -0.39 is 0 Å². The summed E-state index contributed by atoms with van der Waals surface area (Å²) in [5, 5.41) is 3.60. The van der Waals surface area contributed by atoms with Crippen molar-refractivity contribution in [1.29, 1.82) is 0 Å². The molecule has 1 aliphatic heterocycles. The van der Waals surface area contributed by atoms with E-state index in [0.717, 1.165) is 18.8 Å². The summed E-state index contributed by atoms with van der Waals surface area (Å²) in [6, 6.07) is 9.48. The SMILES string of the molecule is COc1cccc(N2CCC(NC(C)C)C2)c1. The second-order valence-electron chi connectivity index (χ2n) is 4.95. The summed E-state index contributed by atoms with van der Waals surface area (Å²) in [5.74, 6) is 0.933. The third kappa shape index (κ3) is 3.13. The molecule has 0 aromatic heterocycles. The number of benzene rings is 1. The summed E-state index contributed by atoms with van der Waals surface area (Å²) in [7, 11) is 1.71. The highest BCUT2D eigenvalue weighted by Gasteiger charge is 2.22. The molecular formula is C14H22N2O. The number of nitrogens with zero attached hydrogens (tertiary/aromatic N) is 1. The third-order valence-electron chi connectivity index (χ3n) is 3.18. The van der Waals surface area contributed by atoms with Gasteiger partial charge in [-0.25, -0.2) is 0 Å². The fourth-order valence-electron chi connectivity index (χ4n) is 2.41. The van der Waals surface area contributed by atoms with Crippen molar-refractivity contribution in [3.05, 3.63) is 24.3 Å². The van der Waals surface area contributed by atoms with E-state index in [4.69, 9.17) is 4.74 Å². The van der Waals surface area contributed by atoms with Crippen LogP contribution < -0.4 is 15.0 Å². The Morgan fingerprint density at radius 3 is 2.94 bits per heavy atom. The van der Waals surface area contributed by atoms with E-state index in [0.29, 0.717) is 12.1 Å². The first-order valence-electron chi connectivity index (χ1n) is 6.34. The molecule has 1 atom stereocenters. The maximum atomic E-state index is 5.26. The lowest BCUT2D eigenvalue weighted by Crippen LogP contribution is -2.36. The van der Waals surface area contributed by atoms with Crippen molar-refractivity contribution in [2.45, 2.75) is 32.4 Å². The Balaban J connectivity index is 1.99. The fraction of sp³-hybridized carbons (Fsp3) is 0.571. The lowest BCUT2D eigenvalue weighted by atomic mass is 10.2. The average molecular weight is 234 g/mol. The molecule has 2 rings (SSSR count). The second-order valence-corrected chi connectivity index (χ2v) is 4.95. The number of anilines is 1. The van der Waals surface area contributed by atoms with E-state index in [9.17, 15) is 0 Å². The molecular weight excluding hydrogens is 212 g/mol. The summed E-state index contributed by atoms with van der Waals surface area (Å²) in [6.45, 7) is 6.62. The zero-order valence-electron chi connectivity index (χ0n) is 10.9. The quantitative estimate of drug-likeness (QED) is 0.865. The maximum Gasteiger partial charge on any atom is 0.120 e. The van der Waals surface area contributed by atoms with Crippen LogP contribution in [0.25, 0.3) is 0 Å². The van der Waals surface area contributed by atoms with E-state index in [2.05, 4.69) is 42.3 Å². The van der Waals surface area contributed by atoms with Gasteiger partial charge in [-0.3, -0.25) is 0 Å². The standard InChI is InChI=1S/C14H22N2O/c1-11(2)15-12-7-8-16(10-12)13-5-4-6-14(9-13)17-3/h4-6,9,11-12,15H,7-8,10H2,1-3H3. The van der Waals surface area contributed by atoms with E-state index in [1.165, 1.54) is 12.1 Å². The number of nitrogens with one attached hydrogen (secondary N) is 1. The number of hydrogen-bond donors (Lipinski definition) is 1. The molecule has 0 spiro atoms. The summed E-state index contributed by atoms with van der Waals surface area (Å²) in [6.07, 6.45) is 1.22. The summed E-state index contributed by atoms with van der Waals surface area (Å²) in [4.78, 5) is 2.42. The largest absolute Gasteiger partial charge is 0.497 e. The molecule has 1 aromatic carbocycles. The highest BCUT2D eigenvalue weighted by molar-refractivity contribution is 5.51. The van der Waals surface area contributed by atoms with Gasteiger partial charge in [-0.2, -0.15) is 0 Å². The van der Waals surface area contributed by atoms with Crippen molar-refractivity contribution in [2.24, 2.45) is 0 Å². The van der Waals surface area contributed by atoms with Crippen molar-refractivity contribution in [2.75, 3.05) is 25.1 Å². The molecule has 0 radical (unpaired) electrons. The normalized spacial score (nSPS) is 20.0. The van der Waals surface area contributed by atoms with Crippen LogP contribution >= 0.6 is 0 Å². The minimum Gasteiger partial charge on any atom is -0.497 e. The van der Waals surface area contributed by atoms with Gasteiger partial charge >= 0.3 is 0 Å². The van der Waals surface area contributed by atoms with Crippen molar-refractivity contribution < 1.29 is 4.74 Å². The van der Waals surface area contributed by atoms with Gasteiger partial charge in [-0.05, 0) is 18.6 Å². The van der Waals surface area contributed by atoms with Gasteiger partial charge in [-0.15, -0.1) is 0 Å². The second kappa shape index (κ2) is 5.41. The van der Waals surface area contributed by atoms with Crippen LogP contribution in [0.1, 0.15) is 20.3 Å². The molecule has 0 bridgehead atoms. The van der Waals surface area contributed by atoms with Gasteiger partial charge in [-0.1, -0.05) is 19.9 Å². The van der Waals surface area contributed by atoms with E-state index >= 15 is 0 Å². The Hall–Kier alpha value is -1.22. The van der Waals surface area contributed by atoms with Crippen LogP contribution in [0.15, 0.2) is 24.3 Å². The molecule has 3 nitrogen and oxygen atoms in total. The van der Waals surface area contributed by atoms with Crippen molar-refractivity contribution in [3.63, 3.8) is 0 Å². The molecule has 0 amide bonds. The van der Waals surface area contributed by atoms with Crippen LogP contribution in [-0.4, -0.2) is 32.3 Å². The molecule has 17 heavy (non-hydrogen) atoms. The number of methoxy groups -OCH3 is 1. The van der Waals surface area contributed by atoms with Crippen LogP contribution in [0, 0.1) is 0 Å². The molecule has 1 aliphatic rings. The van der Waals surface area contributed by atoms with Crippen molar-refractivity contribution >= 4 is 5.69 Å². The van der Waals surface area contributed by atoms with Gasteiger partial charge in [0.15, 0.2) is 0 Å². The van der Waals surface area contributed by atoms with Crippen LogP contribution in [0.3, 0.4) is 0 Å². The van der Waals surface area contributed by atoms with Crippen LogP contribution in [-0.2, 0) is 0 Å². The highest BCUT2D eigenvalue weighted by Crippen LogP contribution is 2.24. The van der Waals surface area contributed by atoms with Gasteiger partial charge in [0.2, 0.25) is 0 Å². The predicted molar refractivity (Wildman–Crippen MR) is 71.9 cm³/mol. The van der Waals surface area contributed by atoms with E-state index in [-0.39, 0.29) is 0 Å². The summed E-state index contributed by atoms with van der Waals surface area (Å²) in [5.41, 5.74) is 1.26. The molecule has 1 saturated heterocycles. The van der Waals surface area contributed by atoms with Gasteiger partial charge in [0.25, 0.3) is 0 Å². The zero-order chi connectivity index (χ0) is 12.3. The van der Waals surface area contributed by atoms with Gasteiger partial charge < -0.3 is 15.0 Å². The van der Waals surface area contributed by atoms with Gasteiger partial charge in [0.05, 0.1) is 7.11 Å². The van der Waals surface area contributed by atoms with Crippen molar-refractivity contribution in [1.82, 2.24) is 5.32 Å². The molecule has 1 aromatic rings. The highest BCUT2D eigenvalue weighted by atomic mass is 16.5. The van der Waals surface area contributed by atoms with Gasteiger partial charge in [0, 0.05) is 36.9 Å². The molecule has 0 saturated carbocycles. The smallest absolute Gasteiger partial charge is 0.120 e. The molecule has 0 aliphatic carbocycles. The Bertz CT molecular complexity index is 365. The predicted octanol–water partition coefficient (Wildman–Crippen LogP) is 2.27. The third-order valence-corrected chi connectivity index (χ3v) is 3.18. The van der Waals surface area contributed by atoms with Crippen LogP contribution in [0.5, 0.6) is 5.75 Å². The number of rotatable bonds is 4. The molecule has 1 heterocycles. The Kier molecular flexibility index (Phi) is 3.89. The molecule has 1 fully saturated rings. The molecule has 1 unspecified atom stereocenters. The topological polar surface area (TPSA) is 24.5 Å². The minimum absolute atomic E-state index is 0.560. The number of ether oxygens (including phenoxy) is 1. The molecule has 94 valence electrons. The van der Waals surface area contributed by atoms with Crippen molar-refractivity contribution in [3.8, 4) is 5.75 Å². The zero-order valence-corrected chi connectivity index (χ0v) is 10.9. The van der Waals surface area contributed by atoms with Crippen LogP contribution in [0.4, 0.5) is 5.69 Å². The summed E-state index contributed by atoms with van der Waals surface area (Å²) < 4.78 is 5.26. The lowest BCUT2D eigenvalue weighted by molar-refractivity contribution is 0.415. The lowest BCUT2D eigenvalue weighted by Gasteiger charge is -2.20. The Labute approximate surface area is 104 Å². The van der Waals surface area contributed by atoms with Gasteiger partial charge in [0.1, 0.15) is 5.75 Å². The Morgan fingerprint density at radius 2 is 2.24 bits per heavy atom. The van der Waals surface area contributed by atoms with E-state index in [1.807, 2.05) is 6.07 Å². The molecule has 3 heteroatoms. The first kappa shape index (κ1) is 12.2. The monoisotopic (exact) mass is 234 g/mol. The number of hydrogen-bond acceptors (Lipinski definition) is 3. The Morgan fingerprint density at radius 1 is 1.41 bits per heavy atom. The molecule has 1 N–H and O–H groups in total. The summed E-state index contributed by atoms with van der Waals surface area (Å²) >= 11 is 0. The maximum absolute atomic E-state index is 5.26. The first-order chi connectivity index (χ1) is 8.19. The fourth-order valence-corrected chi connectivity index (χ4v) is 2.41.